The molecule has 0 fully saturated rings. The number of rotatable bonds is 3. The molecule has 0 spiro atoms. The minimum atomic E-state index is -0.514. The van der Waals surface area contributed by atoms with E-state index in [0.29, 0.717) is 0 Å². The van der Waals surface area contributed by atoms with E-state index in [4.69, 9.17) is 9.84 Å². The smallest absolute Gasteiger partial charge is 0.422 e. The summed E-state index contributed by atoms with van der Waals surface area (Å²) < 4.78 is 5.03. The number of aliphatic hydroxyl groups excluding tert-OH is 1. The number of carbonyl (C=O) groups is 1. The fraction of sp³-hybridized carbons (Fsp3) is 0.889. The van der Waals surface area contributed by atoms with Gasteiger partial charge < -0.3 is 9.84 Å². The summed E-state index contributed by atoms with van der Waals surface area (Å²) in [5.74, 6) is 0. The van der Waals surface area contributed by atoms with Gasteiger partial charge in [-0.2, -0.15) is 0 Å². The molecule has 0 aliphatic carbocycles. The molecule has 0 aliphatic rings. The van der Waals surface area contributed by atoms with Gasteiger partial charge in [-0.1, -0.05) is 0 Å². The van der Waals surface area contributed by atoms with Crippen molar-refractivity contribution >= 4 is 6.09 Å². The zero-order valence-corrected chi connectivity index (χ0v) is 9.50. The molecule has 84 valence electrons. The summed E-state index contributed by atoms with van der Waals surface area (Å²) in [6.07, 6.45) is -0.514. The molecule has 0 heterocycles. The van der Waals surface area contributed by atoms with Crippen molar-refractivity contribution < 1.29 is 14.6 Å². The Bertz CT molecular complexity index is 189. The average Bonchev–Trinajstić information content (AvgIpc) is 1.99. The van der Waals surface area contributed by atoms with Crippen LogP contribution in [0, 0.1) is 0 Å². The number of ether oxygens (including phenoxy) is 1. The predicted molar refractivity (Wildman–Crippen MR) is 53.7 cm³/mol. The highest BCUT2D eigenvalue weighted by Crippen LogP contribution is 2.06. The van der Waals surface area contributed by atoms with Gasteiger partial charge in [-0.15, -0.1) is 0 Å². The van der Waals surface area contributed by atoms with Gasteiger partial charge in [-0.3, -0.25) is 5.43 Å². The van der Waals surface area contributed by atoms with E-state index in [0.717, 1.165) is 0 Å². The largest absolute Gasteiger partial charge is 0.443 e. The highest BCUT2D eigenvalue weighted by molar-refractivity contribution is 5.67. The molecule has 5 nitrogen and oxygen atoms in total. The zero-order chi connectivity index (χ0) is 11.4. The lowest BCUT2D eigenvalue weighted by Crippen LogP contribution is -2.47. The molecule has 0 aromatic rings. The summed E-state index contributed by atoms with van der Waals surface area (Å²) in [5.41, 5.74) is 1.99. The van der Waals surface area contributed by atoms with E-state index in [-0.39, 0.29) is 12.6 Å². The standard InChI is InChI=1S/C9H20N2O3/c1-7(6-12)11(5)10-8(13)14-9(2,3)4/h7,12H,6H2,1-5H3,(H,10,13)/t7-/m1/s1. The van der Waals surface area contributed by atoms with Gasteiger partial charge in [-0.25, -0.2) is 9.80 Å². The Morgan fingerprint density at radius 2 is 2.07 bits per heavy atom. The number of carbonyl (C=O) groups excluding carboxylic acids is 1. The van der Waals surface area contributed by atoms with Crippen LogP contribution >= 0.6 is 0 Å². The van der Waals surface area contributed by atoms with Crippen molar-refractivity contribution in [2.24, 2.45) is 0 Å². The summed E-state index contributed by atoms with van der Waals surface area (Å²) >= 11 is 0. The van der Waals surface area contributed by atoms with Gasteiger partial charge in [0, 0.05) is 13.1 Å². The number of aliphatic hydroxyl groups is 1. The number of hydrogen-bond acceptors (Lipinski definition) is 4. The summed E-state index contributed by atoms with van der Waals surface area (Å²) in [6.45, 7) is 7.15. The minimum Gasteiger partial charge on any atom is -0.443 e. The Hall–Kier alpha value is -0.810. The van der Waals surface area contributed by atoms with E-state index >= 15 is 0 Å². The second-order valence-electron chi connectivity index (χ2n) is 4.26. The first kappa shape index (κ1) is 13.2. The van der Waals surface area contributed by atoms with E-state index < -0.39 is 11.7 Å². The lowest BCUT2D eigenvalue weighted by atomic mass is 10.2. The van der Waals surface area contributed by atoms with Gasteiger partial charge in [0.25, 0.3) is 0 Å². The van der Waals surface area contributed by atoms with Crippen molar-refractivity contribution in [3.63, 3.8) is 0 Å². The van der Waals surface area contributed by atoms with E-state index in [1.165, 1.54) is 5.01 Å². The molecule has 0 bridgehead atoms. The molecule has 0 aromatic heterocycles. The first-order valence-electron chi connectivity index (χ1n) is 4.59. The third-order valence-corrected chi connectivity index (χ3v) is 1.59. The highest BCUT2D eigenvalue weighted by Gasteiger charge is 2.18. The molecule has 0 saturated carbocycles. The maximum atomic E-state index is 11.2. The number of nitrogens with zero attached hydrogens (tertiary/aromatic N) is 1. The molecule has 0 rings (SSSR count). The Kier molecular flexibility index (Phi) is 4.87. The minimum absolute atomic E-state index is 0.0215. The van der Waals surface area contributed by atoms with Crippen LogP contribution < -0.4 is 5.43 Å². The number of hydrogen-bond donors (Lipinski definition) is 2. The van der Waals surface area contributed by atoms with Crippen LogP contribution in [0.1, 0.15) is 27.7 Å². The van der Waals surface area contributed by atoms with Crippen molar-refractivity contribution in [2.45, 2.75) is 39.3 Å². The SMILES string of the molecule is C[C@H](CO)N(C)NC(=O)OC(C)(C)C. The van der Waals surface area contributed by atoms with Crippen LogP contribution in [-0.4, -0.2) is 41.5 Å². The maximum absolute atomic E-state index is 11.2. The molecule has 0 radical (unpaired) electrons. The summed E-state index contributed by atoms with van der Waals surface area (Å²) in [5, 5.41) is 10.3. The molecule has 0 unspecified atom stereocenters. The number of amides is 1. The molecule has 1 amide bonds. The van der Waals surface area contributed by atoms with Gasteiger partial charge in [0.1, 0.15) is 5.60 Å². The van der Waals surface area contributed by atoms with E-state index in [1.807, 2.05) is 0 Å². The van der Waals surface area contributed by atoms with Crippen LogP contribution in [-0.2, 0) is 4.74 Å². The fourth-order valence-corrected chi connectivity index (χ4v) is 0.678. The molecular formula is C9H20N2O3. The predicted octanol–water partition coefficient (Wildman–Crippen LogP) is 0.739. The zero-order valence-electron chi connectivity index (χ0n) is 9.50. The topological polar surface area (TPSA) is 61.8 Å². The molecule has 1 atom stereocenters. The Morgan fingerprint density at radius 3 is 2.43 bits per heavy atom. The van der Waals surface area contributed by atoms with Crippen molar-refractivity contribution in [1.29, 1.82) is 0 Å². The van der Waals surface area contributed by atoms with Crippen molar-refractivity contribution in [3.8, 4) is 0 Å². The molecule has 0 aromatic carbocycles. The van der Waals surface area contributed by atoms with Gasteiger partial charge >= 0.3 is 6.09 Å². The maximum Gasteiger partial charge on any atom is 0.422 e. The van der Waals surface area contributed by atoms with Crippen molar-refractivity contribution in [1.82, 2.24) is 10.4 Å². The number of hydrazine groups is 1. The number of nitrogens with one attached hydrogen (secondary N) is 1. The molecule has 2 N–H and O–H groups in total. The lowest BCUT2D eigenvalue weighted by molar-refractivity contribution is 0.0266. The Labute approximate surface area is 85.0 Å². The second kappa shape index (κ2) is 5.17. The van der Waals surface area contributed by atoms with Crippen LogP contribution in [0.4, 0.5) is 4.79 Å². The highest BCUT2D eigenvalue weighted by atomic mass is 16.6. The Morgan fingerprint density at radius 1 is 1.57 bits per heavy atom. The van der Waals surface area contributed by atoms with E-state index in [9.17, 15) is 4.79 Å². The summed E-state index contributed by atoms with van der Waals surface area (Å²) in [7, 11) is 1.67. The van der Waals surface area contributed by atoms with E-state index in [1.54, 1.807) is 34.7 Å². The summed E-state index contributed by atoms with van der Waals surface area (Å²) in [6, 6.07) is -0.137. The molecule has 0 aliphatic heterocycles. The third kappa shape index (κ3) is 5.77. The normalized spacial score (nSPS) is 13.9. The van der Waals surface area contributed by atoms with Crippen LogP contribution in [0.25, 0.3) is 0 Å². The average molecular weight is 204 g/mol. The van der Waals surface area contributed by atoms with Gasteiger partial charge in [0.2, 0.25) is 0 Å². The lowest BCUT2D eigenvalue weighted by Gasteiger charge is -2.26. The number of likely N-dealkylation sites (N-methyl/N-ethyl adjacent to an activating group) is 1. The first-order chi connectivity index (χ1) is 6.26. The van der Waals surface area contributed by atoms with E-state index in [2.05, 4.69) is 5.43 Å². The van der Waals surface area contributed by atoms with Crippen LogP contribution in [0.3, 0.4) is 0 Å². The third-order valence-electron chi connectivity index (χ3n) is 1.59. The molecule has 14 heavy (non-hydrogen) atoms. The second-order valence-corrected chi connectivity index (χ2v) is 4.26. The van der Waals surface area contributed by atoms with Crippen LogP contribution in [0.5, 0.6) is 0 Å². The molecular weight excluding hydrogens is 184 g/mol. The molecule has 0 saturated heterocycles. The fourth-order valence-electron chi connectivity index (χ4n) is 0.678. The van der Waals surface area contributed by atoms with Gasteiger partial charge in [-0.05, 0) is 27.7 Å². The molecule has 5 heteroatoms. The monoisotopic (exact) mass is 204 g/mol. The first-order valence-corrected chi connectivity index (χ1v) is 4.59. The van der Waals surface area contributed by atoms with Crippen LogP contribution in [0.15, 0.2) is 0 Å². The van der Waals surface area contributed by atoms with Crippen LogP contribution in [0.2, 0.25) is 0 Å². The van der Waals surface area contributed by atoms with Gasteiger partial charge in [0.05, 0.1) is 6.61 Å². The van der Waals surface area contributed by atoms with Gasteiger partial charge in [0.15, 0.2) is 0 Å². The van der Waals surface area contributed by atoms with Crippen molar-refractivity contribution in [2.75, 3.05) is 13.7 Å². The van der Waals surface area contributed by atoms with Crippen molar-refractivity contribution in [3.05, 3.63) is 0 Å². The quantitative estimate of drug-likeness (QED) is 0.666. The summed E-state index contributed by atoms with van der Waals surface area (Å²) in [4.78, 5) is 11.2. The Balaban J connectivity index is 3.95.